The molecule has 0 aromatic heterocycles. The van der Waals surface area contributed by atoms with E-state index < -0.39 is 0 Å². The molecular weight excluding hydrogens is 208 g/mol. The quantitative estimate of drug-likeness (QED) is 0.813. The summed E-state index contributed by atoms with van der Waals surface area (Å²) in [6.45, 7) is 0. The van der Waals surface area contributed by atoms with Gasteiger partial charge in [-0.3, -0.25) is 0 Å². The number of hydrogen-bond donors (Lipinski definition) is 1. The van der Waals surface area contributed by atoms with Gasteiger partial charge in [0.15, 0.2) is 0 Å². The molecule has 1 nitrogen and oxygen atoms in total. The number of hydrogen-bond acceptors (Lipinski definition) is 1. The van der Waals surface area contributed by atoms with Crippen molar-refractivity contribution in [2.45, 2.75) is 38.2 Å². The fourth-order valence-corrected chi connectivity index (χ4v) is 2.01. The Kier molecular flexibility index (Phi) is 3.66. The molecule has 0 heterocycles. The molecule has 1 atom stereocenters. The predicted octanol–water partition coefficient (Wildman–Crippen LogP) is 3.43. The zero-order valence-electron chi connectivity index (χ0n) is 8.82. The molecule has 1 fully saturated rings. The highest BCUT2D eigenvalue weighted by Gasteiger charge is 2.28. The third kappa shape index (κ3) is 3.51. The molecule has 1 aromatic rings. The summed E-state index contributed by atoms with van der Waals surface area (Å²) >= 11 is 5.81. The average Bonchev–Trinajstić information content (AvgIpc) is 3.04. The van der Waals surface area contributed by atoms with Gasteiger partial charge in [0, 0.05) is 5.02 Å². The molecule has 0 aliphatic heterocycles. The minimum Gasteiger partial charge on any atom is -0.393 e. The first-order chi connectivity index (χ1) is 7.25. The van der Waals surface area contributed by atoms with E-state index in [0.29, 0.717) is 5.92 Å². The number of rotatable bonds is 5. The lowest BCUT2D eigenvalue weighted by atomic mass is 10.0. The molecular formula is C13H17ClO. The molecule has 2 rings (SSSR count). The monoisotopic (exact) mass is 224 g/mol. The lowest BCUT2D eigenvalue weighted by Crippen LogP contribution is -2.08. The van der Waals surface area contributed by atoms with Crippen LogP contribution in [0.5, 0.6) is 0 Å². The van der Waals surface area contributed by atoms with Gasteiger partial charge in [-0.25, -0.2) is 0 Å². The highest BCUT2D eigenvalue weighted by atomic mass is 35.5. The van der Waals surface area contributed by atoms with E-state index in [2.05, 4.69) is 12.1 Å². The van der Waals surface area contributed by atoms with Crippen molar-refractivity contribution >= 4 is 11.6 Å². The van der Waals surface area contributed by atoms with Crippen LogP contribution >= 0.6 is 11.6 Å². The number of aliphatic hydroxyl groups is 1. The maximum Gasteiger partial charge on any atom is 0.0568 e. The molecule has 0 amide bonds. The lowest BCUT2D eigenvalue weighted by Gasteiger charge is -2.08. The molecule has 1 aliphatic rings. The van der Waals surface area contributed by atoms with Crippen molar-refractivity contribution in [1.82, 2.24) is 0 Å². The third-order valence-corrected chi connectivity index (χ3v) is 3.30. The minimum atomic E-state index is -0.0581. The van der Waals surface area contributed by atoms with Crippen LogP contribution in [0, 0.1) is 5.92 Å². The first kappa shape index (κ1) is 11.0. The summed E-state index contributed by atoms with van der Waals surface area (Å²) in [5.41, 5.74) is 1.31. The fraction of sp³-hybridized carbons (Fsp3) is 0.538. The van der Waals surface area contributed by atoms with Crippen LogP contribution in [0.25, 0.3) is 0 Å². The van der Waals surface area contributed by atoms with Gasteiger partial charge >= 0.3 is 0 Å². The van der Waals surface area contributed by atoms with Gasteiger partial charge in [-0.1, -0.05) is 23.7 Å². The summed E-state index contributed by atoms with van der Waals surface area (Å²) in [5, 5.41) is 10.5. The Morgan fingerprint density at radius 3 is 2.53 bits per heavy atom. The molecule has 82 valence electrons. The van der Waals surface area contributed by atoms with Crippen molar-refractivity contribution < 1.29 is 5.11 Å². The van der Waals surface area contributed by atoms with Gasteiger partial charge in [0.1, 0.15) is 0 Å². The fourth-order valence-electron chi connectivity index (χ4n) is 1.88. The summed E-state index contributed by atoms with van der Waals surface area (Å²) in [4.78, 5) is 0. The van der Waals surface area contributed by atoms with Gasteiger partial charge in [-0.2, -0.15) is 0 Å². The molecule has 0 saturated heterocycles. The molecule has 0 bridgehead atoms. The van der Waals surface area contributed by atoms with E-state index >= 15 is 0 Å². The summed E-state index contributed by atoms with van der Waals surface area (Å²) in [6, 6.07) is 7.97. The van der Waals surface area contributed by atoms with Crippen LogP contribution in [0.15, 0.2) is 24.3 Å². The maximum atomic E-state index is 9.69. The van der Waals surface area contributed by atoms with Gasteiger partial charge in [-0.15, -0.1) is 0 Å². The number of aryl methyl sites for hydroxylation is 1. The Morgan fingerprint density at radius 1 is 1.27 bits per heavy atom. The Balaban J connectivity index is 1.70. The zero-order chi connectivity index (χ0) is 10.7. The molecule has 0 radical (unpaired) electrons. The second kappa shape index (κ2) is 5.00. The molecule has 1 aromatic carbocycles. The molecule has 2 heteroatoms. The average molecular weight is 225 g/mol. The normalized spacial score (nSPS) is 17.7. The second-order valence-corrected chi connectivity index (χ2v) is 4.86. The Bertz CT molecular complexity index is 303. The van der Waals surface area contributed by atoms with Crippen molar-refractivity contribution in [3.63, 3.8) is 0 Å². The Morgan fingerprint density at radius 2 is 1.93 bits per heavy atom. The van der Waals surface area contributed by atoms with E-state index in [1.807, 2.05) is 12.1 Å². The molecule has 1 N–H and O–H groups in total. The Labute approximate surface area is 96.1 Å². The minimum absolute atomic E-state index is 0.0581. The summed E-state index contributed by atoms with van der Waals surface area (Å²) in [7, 11) is 0. The molecule has 1 aliphatic carbocycles. The van der Waals surface area contributed by atoms with Crippen molar-refractivity contribution in [3.05, 3.63) is 34.9 Å². The molecule has 0 spiro atoms. The van der Waals surface area contributed by atoms with E-state index in [-0.39, 0.29) is 6.10 Å². The topological polar surface area (TPSA) is 20.2 Å². The van der Waals surface area contributed by atoms with Crippen LogP contribution < -0.4 is 0 Å². The maximum absolute atomic E-state index is 9.69. The van der Waals surface area contributed by atoms with Gasteiger partial charge in [0.2, 0.25) is 0 Å². The summed E-state index contributed by atoms with van der Waals surface area (Å²) in [6.07, 6.45) is 5.44. The predicted molar refractivity (Wildman–Crippen MR) is 63.1 cm³/mol. The Hall–Kier alpha value is -0.530. The third-order valence-electron chi connectivity index (χ3n) is 3.04. The number of aliphatic hydroxyl groups excluding tert-OH is 1. The van der Waals surface area contributed by atoms with Crippen molar-refractivity contribution in [2.75, 3.05) is 0 Å². The van der Waals surface area contributed by atoms with Gasteiger partial charge < -0.3 is 5.11 Å². The lowest BCUT2D eigenvalue weighted by molar-refractivity contribution is 0.139. The smallest absolute Gasteiger partial charge is 0.0568 e. The van der Waals surface area contributed by atoms with Crippen LogP contribution in [-0.4, -0.2) is 11.2 Å². The summed E-state index contributed by atoms with van der Waals surface area (Å²) in [5.74, 6) is 0.607. The molecule has 1 saturated carbocycles. The van der Waals surface area contributed by atoms with Crippen LogP contribution in [0.3, 0.4) is 0 Å². The first-order valence-corrected chi connectivity index (χ1v) is 6.06. The van der Waals surface area contributed by atoms with E-state index in [4.69, 9.17) is 11.6 Å². The van der Waals surface area contributed by atoms with Crippen molar-refractivity contribution in [1.29, 1.82) is 0 Å². The van der Waals surface area contributed by atoms with Crippen molar-refractivity contribution in [2.24, 2.45) is 5.92 Å². The highest BCUT2D eigenvalue weighted by molar-refractivity contribution is 6.30. The largest absolute Gasteiger partial charge is 0.393 e. The second-order valence-electron chi connectivity index (χ2n) is 4.42. The van der Waals surface area contributed by atoms with E-state index in [1.54, 1.807) is 0 Å². The first-order valence-electron chi connectivity index (χ1n) is 5.68. The van der Waals surface area contributed by atoms with E-state index in [0.717, 1.165) is 24.3 Å². The van der Waals surface area contributed by atoms with Gasteiger partial charge in [-0.05, 0) is 55.7 Å². The van der Waals surface area contributed by atoms with Crippen LogP contribution in [0.1, 0.15) is 31.2 Å². The number of benzene rings is 1. The number of halogens is 1. The molecule has 15 heavy (non-hydrogen) atoms. The van der Waals surface area contributed by atoms with Crippen molar-refractivity contribution in [3.8, 4) is 0 Å². The highest BCUT2D eigenvalue weighted by Crippen LogP contribution is 2.34. The van der Waals surface area contributed by atoms with E-state index in [1.165, 1.54) is 18.4 Å². The molecule has 1 unspecified atom stereocenters. The SMILES string of the molecule is OC(CCCc1ccc(Cl)cc1)C1CC1. The van der Waals surface area contributed by atoms with Gasteiger partial charge in [0.05, 0.1) is 6.10 Å². The van der Waals surface area contributed by atoms with Crippen LogP contribution in [0.4, 0.5) is 0 Å². The standard InChI is InChI=1S/C13H17ClO/c14-12-8-4-10(5-9-12)2-1-3-13(15)11-6-7-11/h4-5,8-9,11,13,15H,1-3,6-7H2. The summed E-state index contributed by atoms with van der Waals surface area (Å²) < 4.78 is 0. The van der Waals surface area contributed by atoms with Gasteiger partial charge in [0.25, 0.3) is 0 Å². The van der Waals surface area contributed by atoms with Crippen LogP contribution in [0.2, 0.25) is 5.02 Å². The zero-order valence-corrected chi connectivity index (χ0v) is 9.58. The van der Waals surface area contributed by atoms with Crippen LogP contribution in [-0.2, 0) is 6.42 Å². The van der Waals surface area contributed by atoms with E-state index in [9.17, 15) is 5.11 Å².